The van der Waals surface area contributed by atoms with E-state index in [0.29, 0.717) is 10.1 Å². The van der Waals surface area contributed by atoms with Crippen LogP contribution in [0.15, 0.2) is 11.2 Å². The topological polar surface area (TPSA) is 141 Å². The van der Waals surface area contributed by atoms with Crippen LogP contribution in [0.4, 0.5) is 0 Å². The van der Waals surface area contributed by atoms with Crippen molar-refractivity contribution < 1.29 is 28.2 Å². The molecule has 0 unspecified atom stereocenters. The van der Waals surface area contributed by atoms with Crippen LogP contribution in [0.1, 0.15) is 5.82 Å². The van der Waals surface area contributed by atoms with Crippen molar-refractivity contribution in [3.8, 4) is 0 Å². The summed E-state index contributed by atoms with van der Waals surface area (Å²) in [4.78, 5) is 27.2. The number of nitrogens with zero attached hydrogens (tertiary/aromatic N) is 2. The lowest BCUT2D eigenvalue weighted by molar-refractivity contribution is -0.139. The molecule has 0 atom stereocenters. The molecule has 0 radical (unpaired) electrons. The van der Waals surface area contributed by atoms with E-state index in [0.717, 1.165) is 6.20 Å². The van der Waals surface area contributed by atoms with E-state index in [-0.39, 0.29) is 5.03 Å². The summed E-state index contributed by atoms with van der Waals surface area (Å²) in [6, 6.07) is 0. The second-order valence-electron chi connectivity index (χ2n) is 3.39. The number of nitrogens with one attached hydrogen (secondary N) is 1. The van der Waals surface area contributed by atoms with Crippen molar-refractivity contribution in [3.05, 3.63) is 12.0 Å². The Bertz CT molecular complexity index is 547. The van der Waals surface area contributed by atoms with Gasteiger partial charge in [0.2, 0.25) is 0 Å². The highest BCUT2D eigenvalue weighted by atomic mass is 32.2. The lowest BCUT2D eigenvalue weighted by Gasteiger charge is -2.16. The molecule has 1 aromatic rings. The number of aromatic nitrogens is 2. The number of hydrogen-bond acceptors (Lipinski definition) is 5. The Balaban J connectivity index is 3.10. The highest BCUT2D eigenvalue weighted by molar-refractivity contribution is 7.89. The van der Waals surface area contributed by atoms with E-state index in [9.17, 15) is 18.0 Å². The van der Waals surface area contributed by atoms with Crippen LogP contribution in [-0.4, -0.2) is 57.9 Å². The van der Waals surface area contributed by atoms with Crippen LogP contribution in [0.25, 0.3) is 0 Å². The van der Waals surface area contributed by atoms with Crippen LogP contribution >= 0.6 is 0 Å². The fourth-order valence-electron chi connectivity index (χ4n) is 1.20. The summed E-state index contributed by atoms with van der Waals surface area (Å²) in [5, 5.41) is 16.8. The van der Waals surface area contributed by atoms with Crippen molar-refractivity contribution in [2.75, 3.05) is 13.1 Å². The van der Waals surface area contributed by atoms with Gasteiger partial charge in [0.25, 0.3) is 10.0 Å². The minimum absolute atomic E-state index is 0.319. The average Bonchev–Trinajstić information content (AvgIpc) is 2.63. The minimum atomic E-state index is -4.22. The van der Waals surface area contributed by atoms with E-state index >= 15 is 0 Å². The number of aryl methyl sites for hydroxylation is 1. The molecule has 18 heavy (non-hydrogen) atoms. The van der Waals surface area contributed by atoms with Crippen LogP contribution in [0.2, 0.25) is 0 Å². The van der Waals surface area contributed by atoms with E-state index < -0.39 is 35.1 Å². The van der Waals surface area contributed by atoms with Crippen LogP contribution in [0.5, 0.6) is 0 Å². The molecule has 0 saturated heterocycles. The maximum atomic E-state index is 11.9. The summed E-state index contributed by atoms with van der Waals surface area (Å²) < 4.78 is 24.2. The molecule has 1 rings (SSSR count). The summed E-state index contributed by atoms with van der Waals surface area (Å²) in [7, 11) is -4.22. The standard InChI is InChI=1S/C8H11N3O6S/c1-5-9-2-6(10-5)18(16,17)11(3-7(12)13)4-8(14)15/h2H,3-4H2,1H3,(H,9,10)(H,12,13)(H,14,15). The molecule has 3 N–H and O–H groups in total. The van der Waals surface area contributed by atoms with Crippen molar-refractivity contribution in [2.24, 2.45) is 0 Å². The van der Waals surface area contributed by atoms with E-state index in [2.05, 4.69) is 9.97 Å². The quantitative estimate of drug-likeness (QED) is 0.597. The monoisotopic (exact) mass is 277 g/mol. The van der Waals surface area contributed by atoms with Gasteiger partial charge in [0.1, 0.15) is 18.9 Å². The van der Waals surface area contributed by atoms with Crippen LogP contribution in [0, 0.1) is 6.92 Å². The summed E-state index contributed by atoms with van der Waals surface area (Å²) >= 11 is 0. The highest BCUT2D eigenvalue weighted by Gasteiger charge is 2.29. The number of aliphatic carboxylic acids is 2. The maximum absolute atomic E-state index is 11.9. The first kappa shape index (κ1) is 14.1. The molecule has 0 bridgehead atoms. The zero-order chi connectivity index (χ0) is 13.9. The number of sulfonamides is 1. The fourth-order valence-corrected chi connectivity index (χ4v) is 2.50. The van der Waals surface area contributed by atoms with Gasteiger partial charge in [-0.3, -0.25) is 9.59 Å². The van der Waals surface area contributed by atoms with E-state index in [1.807, 2.05) is 0 Å². The largest absolute Gasteiger partial charge is 0.480 e. The molecule has 0 saturated carbocycles. The van der Waals surface area contributed by atoms with Gasteiger partial charge in [0.05, 0.1) is 6.20 Å². The molecule has 0 spiro atoms. The van der Waals surface area contributed by atoms with Gasteiger partial charge in [0, 0.05) is 0 Å². The van der Waals surface area contributed by atoms with Gasteiger partial charge < -0.3 is 15.2 Å². The Hall–Kier alpha value is -1.94. The number of imidazole rings is 1. The molecule has 100 valence electrons. The van der Waals surface area contributed by atoms with E-state index in [1.165, 1.54) is 6.92 Å². The predicted molar refractivity (Wildman–Crippen MR) is 57.4 cm³/mol. The second kappa shape index (κ2) is 5.14. The molecule has 0 aliphatic heterocycles. The summed E-state index contributed by atoms with van der Waals surface area (Å²) in [5.74, 6) is -2.58. The lowest BCUT2D eigenvalue weighted by Crippen LogP contribution is -2.39. The Morgan fingerprint density at radius 3 is 2.17 bits per heavy atom. The first-order valence-corrected chi connectivity index (χ1v) is 6.13. The number of hydrogen-bond donors (Lipinski definition) is 3. The molecule has 0 aromatic carbocycles. The fraction of sp³-hybridized carbons (Fsp3) is 0.375. The third-order valence-electron chi connectivity index (χ3n) is 1.92. The van der Waals surface area contributed by atoms with Crippen molar-refractivity contribution in [1.82, 2.24) is 14.3 Å². The lowest BCUT2D eigenvalue weighted by atomic mass is 10.6. The molecular weight excluding hydrogens is 266 g/mol. The number of H-pyrrole nitrogens is 1. The summed E-state index contributed by atoms with van der Waals surface area (Å²) in [5.41, 5.74) is 0. The molecule has 0 aliphatic rings. The van der Waals surface area contributed by atoms with Crippen molar-refractivity contribution >= 4 is 22.0 Å². The van der Waals surface area contributed by atoms with Crippen molar-refractivity contribution in [2.45, 2.75) is 11.9 Å². The summed E-state index contributed by atoms with van der Waals surface area (Å²) in [6.07, 6.45) is 1.00. The number of aromatic amines is 1. The smallest absolute Gasteiger partial charge is 0.318 e. The zero-order valence-electron chi connectivity index (χ0n) is 9.32. The third-order valence-corrected chi connectivity index (χ3v) is 3.62. The Morgan fingerprint density at radius 1 is 1.33 bits per heavy atom. The van der Waals surface area contributed by atoms with Crippen LogP contribution < -0.4 is 0 Å². The first-order valence-electron chi connectivity index (χ1n) is 4.69. The van der Waals surface area contributed by atoms with E-state index in [4.69, 9.17) is 10.2 Å². The second-order valence-corrected chi connectivity index (χ2v) is 5.30. The average molecular weight is 277 g/mol. The number of carboxylic acid groups (broad SMARTS) is 2. The molecule has 9 nitrogen and oxygen atoms in total. The molecule has 0 amide bonds. The molecule has 0 aliphatic carbocycles. The van der Waals surface area contributed by atoms with Gasteiger partial charge >= 0.3 is 11.9 Å². The third kappa shape index (κ3) is 3.28. The normalized spacial score (nSPS) is 11.7. The van der Waals surface area contributed by atoms with Crippen molar-refractivity contribution in [1.29, 1.82) is 0 Å². The van der Waals surface area contributed by atoms with Gasteiger partial charge in [-0.15, -0.1) is 0 Å². The summed E-state index contributed by atoms with van der Waals surface area (Å²) in [6.45, 7) is -0.364. The van der Waals surface area contributed by atoms with Gasteiger partial charge in [-0.1, -0.05) is 0 Å². The molecular formula is C8H11N3O6S. The van der Waals surface area contributed by atoms with Crippen LogP contribution in [-0.2, 0) is 19.6 Å². The maximum Gasteiger partial charge on any atom is 0.318 e. The predicted octanol–water partition coefficient (Wildman–Crippen LogP) is -1.12. The number of rotatable bonds is 6. The number of carbonyl (C=O) groups is 2. The molecule has 0 fully saturated rings. The first-order chi connectivity index (χ1) is 8.23. The Kier molecular flexibility index (Phi) is 4.03. The van der Waals surface area contributed by atoms with Crippen molar-refractivity contribution in [3.63, 3.8) is 0 Å². The molecule has 10 heteroatoms. The van der Waals surface area contributed by atoms with Gasteiger partial charge in [-0.25, -0.2) is 13.4 Å². The van der Waals surface area contributed by atoms with Gasteiger partial charge in [0.15, 0.2) is 5.03 Å². The SMILES string of the molecule is Cc1ncc(S(=O)(=O)N(CC(=O)O)CC(=O)O)[nH]1. The van der Waals surface area contributed by atoms with Gasteiger partial charge in [-0.2, -0.15) is 4.31 Å². The zero-order valence-corrected chi connectivity index (χ0v) is 10.1. The Morgan fingerprint density at radius 2 is 1.83 bits per heavy atom. The minimum Gasteiger partial charge on any atom is -0.480 e. The highest BCUT2D eigenvalue weighted by Crippen LogP contribution is 2.12. The number of carboxylic acids is 2. The molecule has 1 aromatic heterocycles. The van der Waals surface area contributed by atoms with Crippen LogP contribution in [0.3, 0.4) is 0 Å². The Labute approximate surface area is 102 Å². The van der Waals surface area contributed by atoms with E-state index in [1.54, 1.807) is 0 Å². The molecule has 1 heterocycles. The van der Waals surface area contributed by atoms with Gasteiger partial charge in [-0.05, 0) is 6.92 Å².